The number of benzene rings is 1. The molecule has 1 aromatic carbocycles. The van der Waals surface area contributed by atoms with E-state index in [1.165, 1.54) is 33.3 Å². The summed E-state index contributed by atoms with van der Waals surface area (Å²) in [6, 6.07) is 7.71. The fraction of sp³-hybridized carbons (Fsp3) is 0.652. The zero-order chi connectivity index (χ0) is 24.2. The molecular weight excluding hydrogens is 436 g/mol. The third kappa shape index (κ3) is 3.69. The number of carbonyl (C=O) groups excluding carboxylic acids is 2. The van der Waals surface area contributed by atoms with E-state index in [4.69, 9.17) is 14.2 Å². The highest BCUT2D eigenvalue weighted by Gasteiger charge is 2.72. The van der Waals surface area contributed by atoms with Gasteiger partial charge in [-0.05, 0) is 65.0 Å². The summed E-state index contributed by atoms with van der Waals surface area (Å²) in [4.78, 5) is 26.7. The second-order valence-corrected chi connectivity index (χ2v) is 12.1. The van der Waals surface area contributed by atoms with Gasteiger partial charge >= 0.3 is 5.97 Å². The van der Waals surface area contributed by atoms with E-state index >= 15 is 0 Å². The smallest absolute Gasteiger partial charge is 0.311 e. The van der Waals surface area contributed by atoms with E-state index in [1.54, 1.807) is 39.0 Å². The molecule has 1 aromatic rings. The Kier molecular flexibility index (Phi) is 6.13. The third-order valence-electron chi connectivity index (χ3n) is 6.99. The molecule has 0 amide bonds. The van der Waals surface area contributed by atoms with Gasteiger partial charge in [-0.15, -0.1) is 0 Å². The van der Waals surface area contributed by atoms with Gasteiger partial charge in [-0.1, -0.05) is 18.2 Å². The third-order valence-corrected chi connectivity index (χ3v) is 9.52. The van der Waals surface area contributed by atoms with Gasteiger partial charge in [0.15, 0.2) is 21.4 Å². The summed E-state index contributed by atoms with van der Waals surface area (Å²) in [5, 5.41) is 11.2. The lowest BCUT2D eigenvalue weighted by molar-refractivity contribution is -0.258. The summed E-state index contributed by atoms with van der Waals surface area (Å²) in [6.45, 7) is 6.21. The summed E-state index contributed by atoms with van der Waals surface area (Å²) < 4.78 is 42.3. The van der Waals surface area contributed by atoms with Crippen LogP contribution in [-0.4, -0.2) is 61.7 Å². The van der Waals surface area contributed by atoms with Crippen molar-refractivity contribution in [1.29, 1.82) is 0 Å². The molecule has 1 N–H and O–H groups in total. The van der Waals surface area contributed by atoms with Crippen molar-refractivity contribution >= 4 is 21.6 Å². The molecule has 32 heavy (non-hydrogen) atoms. The first-order valence-electron chi connectivity index (χ1n) is 10.5. The molecule has 0 aliphatic heterocycles. The number of esters is 1. The monoisotopic (exact) mass is 468 g/mol. The fourth-order valence-electron chi connectivity index (χ4n) is 5.31. The Morgan fingerprint density at radius 2 is 1.72 bits per heavy atom. The molecular formula is C23H32O8S. The molecule has 178 valence electrons. The van der Waals surface area contributed by atoms with Crippen LogP contribution in [0.3, 0.4) is 0 Å². The average Bonchev–Trinajstić information content (AvgIpc) is 3.05. The number of sulfone groups is 1. The Labute approximate surface area is 189 Å². The molecule has 0 saturated heterocycles. The molecule has 2 saturated carbocycles. The molecule has 0 aromatic heterocycles. The van der Waals surface area contributed by atoms with Gasteiger partial charge < -0.3 is 19.3 Å². The number of ether oxygens (including phenoxy) is 3. The SMILES string of the molecule is COC(=O)[C@@]1(C)C[C@H]2C[C@](C)(O)[C@H](OC(C)(C)OC)C(=O)[C@@]2(S(=O)(=O)c2ccccc2)C1. The van der Waals surface area contributed by atoms with Crippen molar-refractivity contribution in [2.45, 2.75) is 74.1 Å². The lowest BCUT2D eigenvalue weighted by Gasteiger charge is -2.48. The summed E-state index contributed by atoms with van der Waals surface area (Å²) >= 11 is 0. The predicted octanol–water partition coefficient (Wildman–Crippen LogP) is 2.28. The Morgan fingerprint density at radius 1 is 1.12 bits per heavy atom. The van der Waals surface area contributed by atoms with Gasteiger partial charge in [-0.25, -0.2) is 8.42 Å². The van der Waals surface area contributed by atoms with Crippen LogP contribution in [0.2, 0.25) is 0 Å². The lowest BCUT2D eigenvalue weighted by Crippen LogP contribution is -2.66. The van der Waals surface area contributed by atoms with E-state index < -0.39 is 55.2 Å². The number of Topliss-reactive ketones (excluding diaryl/α,β-unsaturated/α-hetero) is 1. The minimum atomic E-state index is -4.26. The molecule has 2 aliphatic carbocycles. The van der Waals surface area contributed by atoms with Gasteiger partial charge in [-0.3, -0.25) is 9.59 Å². The standard InChI is InChI=1S/C23H32O8S/c1-20(2,30-6)31-18-17(24)23(32(27,28)16-10-8-7-9-11-16)14-21(3,19(25)29-5)12-15(23)13-22(18,4)26/h7-11,15,18,26H,12-14H2,1-6H3/t15-,18+,21-,22-,23+/m0/s1. The first-order chi connectivity index (χ1) is 14.7. The molecule has 0 radical (unpaired) electrons. The summed E-state index contributed by atoms with van der Waals surface area (Å²) in [5.74, 6) is -3.40. The first kappa shape index (κ1) is 24.8. The van der Waals surface area contributed by atoms with Crippen molar-refractivity contribution in [2.24, 2.45) is 11.3 Å². The van der Waals surface area contributed by atoms with Gasteiger partial charge in [0.25, 0.3) is 0 Å². The highest BCUT2D eigenvalue weighted by atomic mass is 32.2. The highest BCUT2D eigenvalue weighted by molar-refractivity contribution is 7.93. The number of carbonyl (C=O) groups is 2. The van der Waals surface area contributed by atoms with E-state index in [0.717, 1.165) is 0 Å². The zero-order valence-corrected chi connectivity index (χ0v) is 20.2. The molecule has 2 fully saturated rings. The van der Waals surface area contributed by atoms with Crippen molar-refractivity contribution < 1.29 is 37.3 Å². The molecule has 5 atom stereocenters. The van der Waals surface area contributed by atoms with E-state index in [1.807, 2.05) is 0 Å². The molecule has 0 bridgehead atoms. The van der Waals surface area contributed by atoms with E-state index in [-0.39, 0.29) is 24.2 Å². The first-order valence-corrected chi connectivity index (χ1v) is 12.0. The zero-order valence-electron chi connectivity index (χ0n) is 19.4. The second kappa shape index (κ2) is 7.90. The summed E-state index contributed by atoms with van der Waals surface area (Å²) in [5.41, 5.74) is -2.87. The number of hydrogen-bond donors (Lipinski definition) is 1. The maximum Gasteiger partial charge on any atom is 0.311 e. The molecule has 0 spiro atoms. The molecule has 3 rings (SSSR count). The number of rotatable bonds is 6. The van der Waals surface area contributed by atoms with Crippen LogP contribution in [0.1, 0.15) is 47.0 Å². The van der Waals surface area contributed by atoms with Crippen molar-refractivity contribution in [3.8, 4) is 0 Å². The van der Waals surface area contributed by atoms with Crippen molar-refractivity contribution in [2.75, 3.05) is 14.2 Å². The van der Waals surface area contributed by atoms with Crippen LogP contribution in [-0.2, 0) is 33.6 Å². The van der Waals surface area contributed by atoms with Crippen LogP contribution < -0.4 is 0 Å². The normalized spacial score (nSPS) is 35.4. The van der Waals surface area contributed by atoms with Crippen LogP contribution in [0.5, 0.6) is 0 Å². The number of ketones is 1. The second-order valence-electron chi connectivity index (χ2n) is 9.86. The van der Waals surface area contributed by atoms with Crippen LogP contribution in [0.25, 0.3) is 0 Å². The Bertz CT molecular complexity index is 1000. The molecule has 0 unspecified atom stereocenters. The van der Waals surface area contributed by atoms with E-state index in [2.05, 4.69) is 0 Å². The lowest BCUT2D eigenvalue weighted by atomic mass is 9.70. The maximum absolute atomic E-state index is 14.1. The number of aliphatic hydroxyl groups is 1. The van der Waals surface area contributed by atoms with Gasteiger partial charge in [-0.2, -0.15) is 0 Å². The molecule has 9 heteroatoms. The largest absolute Gasteiger partial charge is 0.469 e. The molecule has 8 nitrogen and oxygen atoms in total. The highest BCUT2D eigenvalue weighted by Crippen LogP contribution is 2.60. The Morgan fingerprint density at radius 3 is 2.25 bits per heavy atom. The molecule has 2 aliphatic rings. The van der Waals surface area contributed by atoms with E-state index in [9.17, 15) is 23.1 Å². The maximum atomic E-state index is 14.1. The minimum Gasteiger partial charge on any atom is -0.469 e. The van der Waals surface area contributed by atoms with Crippen LogP contribution >= 0.6 is 0 Å². The summed E-state index contributed by atoms with van der Waals surface area (Å²) in [6.07, 6.45) is -1.67. The number of fused-ring (bicyclic) bond motifs is 1. The van der Waals surface area contributed by atoms with Gasteiger partial charge in [0, 0.05) is 7.11 Å². The van der Waals surface area contributed by atoms with Crippen LogP contribution in [0.15, 0.2) is 35.2 Å². The van der Waals surface area contributed by atoms with Crippen LogP contribution in [0, 0.1) is 11.3 Å². The van der Waals surface area contributed by atoms with Gasteiger partial charge in [0.05, 0.1) is 23.0 Å². The van der Waals surface area contributed by atoms with Crippen molar-refractivity contribution in [1.82, 2.24) is 0 Å². The van der Waals surface area contributed by atoms with Gasteiger partial charge in [0.1, 0.15) is 10.9 Å². The number of hydrogen-bond acceptors (Lipinski definition) is 8. The summed E-state index contributed by atoms with van der Waals surface area (Å²) in [7, 11) is -1.63. The predicted molar refractivity (Wildman–Crippen MR) is 115 cm³/mol. The van der Waals surface area contributed by atoms with Crippen LogP contribution in [0.4, 0.5) is 0 Å². The molecule has 0 heterocycles. The Balaban J connectivity index is 2.24. The average molecular weight is 469 g/mol. The van der Waals surface area contributed by atoms with E-state index in [0.29, 0.717) is 0 Å². The minimum absolute atomic E-state index is 0.0150. The van der Waals surface area contributed by atoms with Crippen molar-refractivity contribution in [3.63, 3.8) is 0 Å². The van der Waals surface area contributed by atoms with Gasteiger partial charge in [0.2, 0.25) is 0 Å². The topological polar surface area (TPSA) is 116 Å². The van der Waals surface area contributed by atoms with Crippen molar-refractivity contribution in [3.05, 3.63) is 30.3 Å². The quantitative estimate of drug-likeness (QED) is 0.499. The fourth-order valence-corrected chi connectivity index (χ4v) is 7.73. The number of methoxy groups -OCH3 is 2. The Hall–Kier alpha value is -1.81.